The second-order valence-corrected chi connectivity index (χ2v) is 6.43. The third-order valence-electron chi connectivity index (χ3n) is 3.67. The molecule has 1 N–H and O–H groups in total. The van der Waals surface area contributed by atoms with Crippen molar-refractivity contribution in [2.24, 2.45) is 0 Å². The number of nitrogens with one attached hydrogen (secondary N) is 1. The Bertz CT molecular complexity index is 773. The molecule has 1 aromatic heterocycles. The van der Waals surface area contributed by atoms with E-state index in [0.29, 0.717) is 18.7 Å². The molecule has 0 radical (unpaired) electrons. The Morgan fingerprint density at radius 3 is 2.62 bits per heavy atom. The van der Waals surface area contributed by atoms with E-state index < -0.39 is 6.61 Å². The van der Waals surface area contributed by atoms with E-state index in [1.807, 2.05) is 18.5 Å². The lowest BCUT2D eigenvalue weighted by molar-refractivity contribution is -0.116. The van der Waals surface area contributed by atoms with Crippen LogP contribution in [-0.2, 0) is 11.3 Å². The molecule has 1 heterocycles. The first kappa shape index (κ1) is 20.1. The van der Waals surface area contributed by atoms with Crippen molar-refractivity contribution in [3.63, 3.8) is 0 Å². The Hall–Kier alpha value is -2.22. The van der Waals surface area contributed by atoms with Gasteiger partial charge in [0.15, 0.2) is 0 Å². The van der Waals surface area contributed by atoms with Crippen LogP contribution in [0.25, 0.3) is 6.08 Å². The number of hydrogen-bond acceptors (Lipinski definition) is 3. The number of halogens is 3. The van der Waals surface area contributed by atoms with Gasteiger partial charge in [-0.15, -0.1) is 0 Å². The second kappa shape index (κ2) is 9.47. The minimum Gasteiger partial charge on any atom is -0.435 e. The molecule has 5 nitrogen and oxygen atoms in total. The number of carbonyl (C=O) groups excluding carboxylic acids is 1. The molecule has 0 aliphatic rings. The molecular weight excluding hydrogens is 408 g/mol. The van der Waals surface area contributed by atoms with Crippen molar-refractivity contribution in [3.8, 4) is 5.75 Å². The smallest absolute Gasteiger partial charge is 0.387 e. The van der Waals surface area contributed by atoms with Gasteiger partial charge in [-0.05, 0) is 60.0 Å². The summed E-state index contributed by atoms with van der Waals surface area (Å²) in [7, 11) is 0. The number of hydrogen-bond donors (Lipinski definition) is 1. The maximum atomic E-state index is 12.1. The van der Waals surface area contributed by atoms with Crippen molar-refractivity contribution in [1.29, 1.82) is 0 Å². The molecule has 8 heteroatoms. The van der Waals surface area contributed by atoms with Crippen molar-refractivity contribution >= 4 is 27.9 Å². The quantitative estimate of drug-likeness (QED) is 0.509. The molecule has 1 amide bonds. The number of amides is 1. The highest BCUT2D eigenvalue weighted by atomic mass is 79.9. The van der Waals surface area contributed by atoms with Gasteiger partial charge in [0.2, 0.25) is 5.91 Å². The van der Waals surface area contributed by atoms with Crippen molar-refractivity contribution in [1.82, 2.24) is 15.1 Å². The summed E-state index contributed by atoms with van der Waals surface area (Å²) in [5.41, 5.74) is 2.72. The molecule has 0 spiro atoms. The first-order chi connectivity index (χ1) is 12.4. The summed E-state index contributed by atoms with van der Waals surface area (Å²) >= 11 is 3.48. The van der Waals surface area contributed by atoms with E-state index in [0.717, 1.165) is 22.3 Å². The topological polar surface area (TPSA) is 56.2 Å². The predicted molar refractivity (Wildman–Crippen MR) is 99.1 cm³/mol. The zero-order valence-corrected chi connectivity index (χ0v) is 16.1. The Balaban J connectivity index is 1.74. The number of ether oxygens (including phenoxy) is 1. The summed E-state index contributed by atoms with van der Waals surface area (Å²) < 4.78 is 31.3. The molecule has 2 rings (SSSR count). The average molecular weight is 428 g/mol. The molecule has 0 bridgehead atoms. The zero-order chi connectivity index (χ0) is 19.1. The Morgan fingerprint density at radius 1 is 1.35 bits per heavy atom. The van der Waals surface area contributed by atoms with Crippen LogP contribution in [0.15, 0.2) is 34.8 Å². The lowest BCUT2D eigenvalue weighted by Crippen LogP contribution is -2.23. The summed E-state index contributed by atoms with van der Waals surface area (Å²) in [4.78, 5) is 11.8. The van der Waals surface area contributed by atoms with Gasteiger partial charge in [0.05, 0.1) is 10.2 Å². The molecule has 0 saturated carbocycles. The zero-order valence-electron chi connectivity index (χ0n) is 14.5. The molecule has 0 fully saturated rings. The van der Waals surface area contributed by atoms with Gasteiger partial charge >= 0.3 is 6.61 Å². The number of alkyl halides is 2. The minimum atomic E-state index is -2.85. The van der Waals surface area contributed by atoms with E-state index in [9.17, 15) is 13.6 Å². The molecule has 0 aliphatic heterocycles. The average Bonchev–Trinajstić information content (AvgIpc) is 2.84. The summed E-state index contributed by atoms with van der Waals surface area (Å²) in [5, 5.41) is 7.21. The van der Waals surface area contributed by atoms with Crippen molar-refractivity contribution in [3.05, 3.63) is 51.8 Å². The first-order valence-electron chi connectivity index (χ1n) is 8.07. The number of benzene rings is 1. The molecule has 0 atom stereocenters. The van der Waals surface area contributed by atoms with E-state index in [1.54, 1.807) is 18.2 Å². The van der Waals surface area contributed by atoms with E-state index in [-0.39, 0.29) is 11.7 Å². The summed E-state index contributed by atoms with van der Waals surface area (Å²) in [6.45, 7) is 2.32. The van der Waals surface area contributed by atoms with Gasteiger partial charge in [-0.25, -0.2) is 0 Å². The van der Waals surface area contributed by atoms with E-state index in [2.05, 4.69) is 31.1 Å². The van der Waals surface area contributed by atoms with E-state index >= 15 is 0 Å². The van der Waals surface area contributed by atoms with Crippen LogP contribution in [0.5, 0.6) is 5.75 Å². The lowest BCUT2D eigenvalue weighted by Gasteiger charge is -2.05. The maximum Gasteiger partial charge on any atom is 0.387 e. The number of aromatic nitrogens is 2. The molecular formula is C18H20BrF2N3O2. The van der Waals surface area contributed by atoms with Crippen LogP contribution in [-0.4, -0.2) is 28.8 Å². The fraction of sp³-hybridized carbons (Fsp3) is 0.333. The molecule has 26 heavy (non-hydrogen) atoms. The van der Waals surface area contributed by atoms with Crippen LogP contribution in [0.1, 0.15) is 23.4 Å². The van der Waals surface area contributed by atoms with E-state index in [4.69, 9.17) is 0 Å². The van der Waals surface area contributed by atoms with Crippen LogP contribution in [0.2, 0.25) is 0 Å². The normalized spacial score (nSPS) is 11.3. The monoisotopic (exact) mass is 427 g/mol. The molecule has 0 aliphatic carbocycles. The van der Waals surface area contributed by atoms with Gasteiger partial charge in [0.25, 0.3) is 0 Å². The highest BCUT2D eigenvalue weighted by molar-refractivity contribution is 9.10. The number of aryl methyl sites for hydroxylation is 2. The van der Waals surface area contributed by atoms with Gasteiger partial charge < -0.3 is 10.1 Å². The third-order valence-corrected chi connectivity index (χ3v) is 4.82. The summed E-state index contributed by atoms with van der Waals surface area (Å²) in [6, 6.07) is 6.05. The van der Waals surface area contributed by atoms with Crippen molar-refractivity contribution < 1.29 is 18.3 Å². The van der Waals surface area contributed by atoms with Crippen LogP contribution in [0.4, 0.5) is 8.78 Å². The number of carbonyl (C=O) groups is 1. The largest absolute Gasteiger partial charge is 0.435 e. The molecule has 0 saturated heterocycles. The fourth-order valence-corrected chi connectivity index (χ4v) is 2.61. The third kappa shape index (κ3) is 5.94. The number of rotatable bonds is 8. The molecule has 140 valence electrons. The highest BCUT2D eigenvalue weighted by Crippen LogP contribution is 2.19. The van der Waals surface area contributed by atoms with Gasteiger partial charge in [0.1, 0.15) is 5.75 Å². The first-order valence-corrected chi connectivity index (χ1v) is 8.86. The molecule has 0 unspecified atom stereocenters. The molecule has 2 aromatic rings. The number of nitrogens with zero attached hydrogens (tertiary/aromatic N) is 2. The minimum absolute atomic E-state index is 0.0809. The Morgan fingerprint density at radius 2 is 2.04 bits per heavy atom. The summed E-state index contributed by atoms with van der Waals surface area (Å²) in [6.07, 6.45) is 3.77. The van der Waals surface area contributed by atoms with Crippen molar-refractivity contribution in [2.45, 2.75) is 33.4 Å². The van der Waals surface area contributed by atoms with Gasteiger partial charge in [-0.1, -0.05) is 12.1 Å². The van der Waals surface area contributed by atoms with E-state index in [1.165, 1.54) is 18.2 Å². The SMILES string of the molecule is Cc1nn(CCCNC(=O)/C=C\c2ccc(OC(F)F)cc2)c(C)c1Br. The molecule has 1 aromatic carbocycles. The maximum absolute atomic E-state index is 12.1. The standard InChI is InChI=1S/C18H20BrF2N3O2/c1-12-17(19)13(2)24(23-12)11-3-10-22-16(25)9-6-14-4-7-15(8-5-14)26-18(20)21/h4-9,18H,3,10-11H2,1-2H3,(H,22,25)/b9-6-. The fourth-order valence-electron chi connectivity index (χ4n) is 2.32. The Labute approximate surface area is 159 Å². The van der Waals surface area contributed by atoms with Crippen molar-refractivity contribution in [2.75, 3.05) is 6.54 Å². The van der Waals surface area contributed by atoms with Gasteiger partial charge in [-0.3, -0.25) is 9.48 Å². The van der Waals surface area contributed by atoms with Crippen LogP contribution in [0, 0.1) is 13.8 Å². The predicted octanol–water partition coefficient (Wildman–Crippen LogP) is 4.08. The van der Waals surface area contributed by atoms with Crippen LogP contribution < -0.4 is 10.1 Å². The van der Waals surface area contributed by atoms with Gasteiger partial charge in [0, 0.05) is 24.9 Å². The second-order valence-electron chi connectivity index (χ2n) is 5.63. The Kier molecular flexibility index (Phi) is 7.32. The van der Waals surface area contributed by atoms with Gasteiger partial charge in [-0.2, -0.15) is 13.9 Å². The van der Waals surface area contributed by atoms with Crippen LogP contribution >= 0.6 is 15.9 Å². The van der Waals surface area contributed by atoms with Crippen LogP contribution in [0.3, 0.4) is 0 Å². The highest BCUT2D eigenvalue weighted by Gasteiger charge is 2.08. The lowest BCUT2D eigenvalue weighted by atomic mass is 10.2. The summed E-state index contributed by atoms with van der Waals surface area (Å²) in [5.74, 6) is -0.134.